The van der Waals surface area contributed by atoms with Gasteiger partial charge in [0.15, 0.2) is 0 Å². The molecule has 9 heavy (non-hydrogen) atoms. The molecule has 0 aromatic rings. The van der Waals surface area contributed by atoms with Gasteiger partial charge in [-0.25, -0.2) is 0 Å². The van der Waals surface area contributed by atoms with Gasteiger partial charge in [0.2, 0.25) is 0 Å². The van der Waals surface area contributed by atoms with Crippen molar-refractivity contribution < 1.29 is 15.7 Å². The molecule has 0 saturated carbocycles. The normalized spacial score (nSPS) is 45.2. The van der Waals surface area contributed by atoms with Crippen LogP contribution in [0.1, 0.15) is 6.42 Å². The summed E-state index contributed by atoms with van der Waals surface area (Å²) in [6.45, 7) is 0. The van der Waals surface area contributed by atoms with Crippen LogP contribution in [0.25, 0.3) is 0 Å². The van der Waals surface area contributed by atoms with Gasteiger partial charge < -0.3 is 0 Å². The molecule has 0 spiro atoms. The zero-order valence-corrected chi connectivity index (χ0v) is 8.79. The Morgan fingerprint density at radius 1 is 1.44 bits per heavy atom. The molecule has 0 saturated heterocycles. The van der Waals surface area contributed by atoms with E-state index in [0.717, 1.165) is 5.92 Å². The van der Waals surface area contributed by atoms with Gasteiger partial charge >= 0.3 is 69.8 Å². The molecule has 0 N–H and O–H groups in total. The zero-order valence-electron chi connectivity index (χ0n) is 4.81. The summed E-state index contributed by atoms with van der Waals surface area (Å²) in [6.07, 6.45) is 10.8. The number of hydrogen-bond donors (Lipinski definition) is 0. The number of fused-ring (bicyclic) bond motifs is 2. The molecule has 0 nitrogen and oxygen atoms in total. The molecule has 0 amide bonds. The van der Waals surface area contributed by atoms with Gasteiger partial charge in [-0.2, -0.15) is 0 Å². The summed E-state index contributed by atoms with van der Waals surface area (Å²) < 4.78 is 0.532. The molecular weight excluding hydrogens is 356 g/mol. The summed E-state index contributed by atoms with van der Waals surface area (Å²) in [6, 6.07) is 0. The second kappa shape index (κ2) is 2.05. The van der Waals surface area contributed by atoms with Crippen molar-refractivity contribution >= 4 is 13.5 Å². The van der Waals surface area contributed by atoms with E-state index in [1.807, 2.05) is 0 Å². The third kappa shape index (κ3) is 0.885. The van der Waals surface area contributed by atoms with Gasteiger partial charge in [-0.15, -0.1) is 0 Å². The van der Waals surface area contributed by atoms with Crippen molar-refractivity contribution in [3.63, 3.8) is 0 Å². The number of allylic oxidation sites excluding steroid dienone is 4. The molecule has 2 bridgehead atoms. The molecule has 0 unspecified atom stereocenters. The minimum absolute atomic E-state index is 0.0764. The van der Waals surface area contributed by atoms with Crippen molar-refractivity contribution in [3.8, 4) is 0 Å². The predicted molar refractivity (Wildman–Crippen MR) is 38.0 cm³/mol. The molecule has 2 aliphatic carbocycles. The van der Waals surface area contributed by atoms with Crippen molar-refractivity contribution in [1.29, 1.82) is 0 Å². The molecule has 2 heteroatoms. The van der Waals surface area contributed by atoms with Crippen LogP contribution in [0.5, 0.6) is 0 Å². The Hall–Kier alpha value is 0.609. The predicted octanol–water partition coefficient (Wildman–Crippen LogP) is 2.68. The van der Waals surface area contributed by atoms with E-state index in [1.54, 1.807) is 0 Å². The van der Waals surface area contributed by atoms with E-state index >= 15 is 0 Å². The van der Waals surface area contributed by atoms with Crippen molar-refractivity contribution in [2.45, 2.75) is 10.3 Å². The minimum atomic E-state index is 0.0764. The third-order valence-corrected chi connectivity index (χ3v) is 8.04. The fourth-order valence-corrected chi connectivity index (χ4v) is 5.21. The van der Waals surface area contributed by atoms with Crippen molar-refractivity contribution in [2.75, 3.05) is 0 Å². The van der Waals surface area contributed by atoms with Crippen LogP contribution in [0.4, 0.5) is 0 Å². The van der Waals surface area contributed by atoms with E-state index < -0.39 is 0 Å². The van der Waals surface area contributed by atoms with Gasteiger partial charge in [0, 0.05) is 0 Å². The average molecular weight is 363 g/mol. The first-order valence-electron chi connectivity index (χ1n) is 2.97. The molecule has 2 rings (SSSR count). The van der Waals surface area contributed by atoms with Gasteiger partial charge in [-0.05, 0) is 0 Å². The van der Waals surface area contributed by atoms with E-state index in [1.165, 1.54) is 6.42 Å². The van der Waals surface area contributed by atoms with Gasteiger partial charge in [0.1, 0.15) is 0 Å². The maximum absolute atomic E-state index is 3.64. The van der Waals surface area contributed by atoms with Crippen LogP contribution in [-0.4, -0.2) is 0 Å². The van der Waals surface area contributed by atoms with Gasteiger partial charge in [0.25, 0.3) is 0 Å². The summed E-state index contributed by atoms with van der Waals surface area (Å²) in [7, 11) is 0. The standard InChI is InChI=1S/C7H7.BrH.Ir/c1-2-7-4-3-6(1)5-7;;/h1-4,6H,5H2;1H;/q;;+1/p-1. The van der Waals surface area contributed by atoms with Crippen LogP contribution in [0.15, 0.2) is 24.3 Å². The van der Waals surface area contributed by atoms with Crippen LogP contribution < -0.4 is 0 Å². The Kier molecular flexibility index (Phi) is 1.44. The quantitative estimate of drug-likeness (QED) is 0.629. The number of rotatable bonds is 1. The Morgan fingerprint density at radius 3 is 2.33 bits per heavy atom. The fraction of sp³-hybridized carbons (Fsp3) is 0.429. The molecule has 2 aliphatic rings. The molecule has 0 atom stereocenters. The van der Waals surface area contributed by atoms with E-state index in [0.29, 0.717) is 3.93 Å². The molecule has 0 fully saturated rings. The first kappa shape index (κ1) is 6.33. The molecule has 0 aliphatic heterocycles. The SMILES string of the molecule is [Br][Ir][C]12C=CC(C=C1)C2. The molecule has 0 heterocycles. The first-order chi connectivity index (χ1) is 4.35. The van der Waals surface area contributed by atoms with Crippen LogP contribution >= 0.6 is 13.5 Å². The molecule has 0 aromatic carbocycles. The van der Waals surface area contributed by atoms with E-state index in [4.69, 9.17) is 0 Å². The first-order valence-corrected chi connectivity index (χ1v) is 9.40. The van der Waals surface area contributed by atoms with Crippen molar-refractivity contribution in [1.82, 2.24) is 0 Å². The topological polar surface area (TPSA) is 0 Å². The summed E-state index contributed by atoms with van der Waals surface area (Å²) in [5.74, 6) is 0.784. The van der Waals surface area contributed by atoms with Crippen LogP contribution in [-0.2, 0) is 15.7 Å². The average Bonchev–Trinajstić information content (AvgIpc) is 2.46. The van der Waals surface area contributed by atoms with Crippen molar-refractivity contribution in [3.05, 3.63) is 24.3 Å². The Bertz CT molecular complexity index is 169. The summed E-state index contributed by atoms with van der Waals surface area (Å²) in [5, 5.41) is 0. The van der Waals surface area contributed by atoms with Crippen LogP contribution in [0, 0.1) is 5.92 Å². The summed E-state index contributed by atoms with van der Waals surface area (Å²) in [5.41, 5.74) is 0. The van der Waals surface area contributed by atoms with Crippen LogP contribution in [0.3, 0.4) is 0 Å². The van der Waals surface area contributed by atoms with Crippen molar-refractivity contribution in [2.24, 2.45) is 5.92 Å². The second-order valence-corrected chi connectivity index (χ2v) is 7.38. The number of halogens is 1. The van der Waals surface area contributed by atoms with Gasteiger partial charge in [-0.3, -0.25) is 0 Å². The maximum atomic E-state index is 3.64. The van der Waals surface area contributed by atoms with Gasteiger partial charge in [0.05, 0.1) is 0 Å². The Balaban J connectivity index is 2.32. The molecular formula is C7H7BrIr. The summed E-state index contributed by atoms with van der Waals surface area (Å²) in [4.78, 5) is 0. The van der Waals surface area contributed by atoms with E-state index in [9.17, 15) is 0 Å². The Labute approximate surface area is 69.6 Å². The monoisotopic (exact) mass is 363 g/mol. The molecule has 51 valence electrons. The molecule has 0 aromatic heterocycles. The third-order valence-electron chi connectivity index (χ3n) is 1.88. The number of hydrogen-bond acceptors (Lipinski definition) is 0. The van der Waals surface area contributed by atoms with E-state index in [-0.39, 0.29) is 15.7 Å². The second-order valence-electron chi connectivity index (χ2n) is 2.53. The van der Waals surface area contributed by atoms with E-state index in [2.05, 4.69) is 37.8 Å². The summed E-state index contributed by atoms with van der Waals surface area (Å²) >= 11 is 3.72. The molecule has 0 radical (unpaired) electrons. The Morgan fingerprint density at radius 2 is 2.11 bits per heavy atom. The van der Waals surface area contributed by atoms with Crippen LogP contribution in [0.2, 0.25) is 3.93 Å². The van der Waals surface area contributed by atoms with Gasteiger partial charge in [-0.1, -0.05) is 0 Å². The fourth-order valence-electron chi connectivity index (χ4n) is 1.37. The zero-order chi connectivity index (χ0) is 6.32.